The molecule has 1 aromatic rings. The molecule has 13 heavy (non-hydrogen) atoms. The molecule has 1 heterocycles. The van der Waals surface area contributed by atoms with E-state index in [2.05, 4.69) is 9.97 Å². The standard InChI is InChI=1S/C8H11ClN2O2/c1-4(9)7-10-5(2)6(13-3)8(12)11-7/h4H,1-3H3,(H,10,11,12). The van der Waals surface area contributed by atoms with Crippen molar-refractivity contribution in [1.29, 1.82) is 0 Å². The Kier molecular flexibility index (Phi) is 2.93. The Morgan fingerprint density at radius 1 is 1.62 bits per heavy atom. The maximum atomic E-state index is 11.3. The Hall–Kier alpha value is -1.03. The summed E-state index contributed by atoms with van der Waals surface area (Å²) in [5.41, 5.74) is 0.256. The Labute approximate surface area is 80.9 Å². The second-order valence-electron chi connectivity index (χ2n) is 2.69. The Morgan fingerprint density at radius 3 is 2.62 bits per heavy atom. The van der Waals surface area contributed by atoms with Crippen molar-refractivity contribution in [1.82, 2.24) is 9.97 Å². The zero-order chi connectivity index (χ0) is 10.0. The van der Waals surface area contributed by atoms with Crippen LogP contribution in [0.25, 0.3) is 0 Å². The number of halogens is 1. The van der Waals surface area contributed by atoms with Crippen LogP contribution in [0.2, 0.25) is 0 Å². The molecule has 0 bridgehead atoms. The molecule has 0 spiro atoms. The van der Waals surface area contributed by atoms with E-state index in [0.29, 0.717) is 11.5 Å². The van der Waals surface area contributed by atoms with Crippen LogP contribution < -0.4 is 10.3 Å². The van der Waals surface area contributed by atoms with Gasteiger partial charge in [-0.05, 0) is 13.8 Å². The normalized spacial score (nSPS) is 12.6. The summed E-state index contributed by atoms with van der Waals surface area (Å²) in [4.78, 5) is 18.0. The molecule has 1 aromatic heterocycles. The van der Waals surface area contributed by atoms with Gasteiger partial charge in [0, 0.05) is 0 Å². The third-order valence-corrected chi connectivity index (χ3v) is 1.85. The summed E-state index contributed by atoms with van der Waals surface area (Å²) in [5, 5.41) is -0.308. The van der Waals surface area contributed by atoms with E-state index in [1.165, 1.54) is 7.11 Å². The summed E-state index contributed by atoms with van der Waals surface area (Å²) in [6.45, 7) is 3.45. The van der Waals surface area contributed by atoms with Gasteiger partial charge in [0.25, 0.3) is 5.56 Å². The first kappa shape index (κ1) is 10.1. The Bertz CT molecular complexity index is 360. The summed E-state index contributed by atoms with van der Waals surface area (Å²) >= 11 is 5.77. The van der Waals surface area contributed by atoms with Crippen molar-refractivity contribution >= 4 is 11.6 Å². The Balaban J connectivity index is 3.29. The van der Waals surface area contributed by atoms with E-state index in [0.717, 1.165) is 0 Å². The lowest BCUT2D eigenvalue weighted by molar-refractivity contribution is 0.401. The van der Waals surface area contributed by atoms with Gasteiger partial charge in [0.05, 0.1) is 18.2 Å². The predicted octanol–water partition coefficient (Wildman–Crippen LogP) is 1.39. The summed E-state index contributed by atoms with van der Waals surface area (Å²) in [5.74, 6) is 0.700. The van der Waals surface area contributed by atoms with E-state index in [-0.39, 0.29) is 16.7 Å². The number of hydrogen-bond donors (Lipinski definition) is 1. The monoisotopic (exact) mass is 202 g/mol. The van der Waals surface area contributed by atoms with Crippen LogP contribution in [-0.4, -0.2) is 17.1 Å². The van der Waals surface area contributed by atoms with Gasteiger partial charge in [-0.1, -0.05) is 0 Å². The van der Waals surface area contributed by atoms with E-state index < -0.39 is 0 Å². The zero-order valence-electron chi connectivity index (χ0n) is 7.72. The number of alkyl halides is 1. The van der Waals surface area contributed by atoms with Crippen molar-refractivity contribution in [2.45, 2.75) is 19.2 Å². The summed E-state index contributed by atoms with van der Waals surface area (Å²) in [7, 11) is 1.43. The van der Waals surface area contributed by atoms with Crippen molar-refractivity contribution in [3.63, 3.8) is 0 Å². The minimum absolute atomic E-state index is 0.237. The number of nitrogens with one attached hydrogen (secondary N) is 1. The molecule has 0 aromatic carbocycles. The lowest BCUT2D eigenvalue weighted by atomic mass is 10.3. The molecule has 1 unspecified atom stereocenters. The van der Waals surface area contributed by atoms with E-state index in [9.17, 15) is 4.79 Å². The molecule has 5 heteroatoms. The molecule has 0 saturated heterocycles. The number of ether oxygens (including phenoxy) is 1. The number of hydrogen-bond acceptors (Lipinski definition) is 3. The fourth-order valence-corrected chi connectivity index (χ4v) is 1.13. The van der Waals surface area contributed by atoms with E-state index in [4.69, 9.17) is 16.3 Å². The van der Waals surface area contributed by atoms with Gasteiger partial charge in [-0.15, -0.1) is 11.6 Å². The molecular weight excluding hydrogens is 192 g/mol. The number of aromatic amines is 1. The average Bonchev–Trinajstić information content (AvgIpc) is 2.03. The van der Waals surface area contributed by atoms with Crippen molar-refractivity contribution in [2.24, 2.45) is 0 Å². The first-order valence-corrected chi connectivity index (χ1v) is 4.28. The number of rotatable bonds is 2. The van der Waals surface area contributed by atoms with Crippen LogP contribution in [0.1, 0.15) is 23.8 Å². The van der Waals surface area contributed by atoms with Crippen LogP contribution in [0, 0.1) is 6.92 Å². The first-order chi connectivity index (χ1) is 6.06. The highest BCUT2D eigenvalue weighted by molar-refractivity contribution is 6.20. The largest absolute Gasteiger partial charge is 0.490 e. The van der Waals surface area contributed by atoms with Gasteiger partial charge in [0.2, 0.25) is 5.75 Å². The predicted molar refractivity (Wildman–Crippen MR) is 50.4 cm³/mol. The molecule has 0 saturated carbocycles. The SMILES string of the molecule is COc1c(C)nc(C(C)Cl)[nH]c1=O. The zero-order valence-corrected chi connectivity index (χ0v) is 8.47. The van der Waals surface area contributed by atoms with Crippen molar-refractivity contribution in [3.05, 3.63) is 21.9 Å². The molecule has 1 atom stereocenters. The molecule has 0 aliphatic heterocycles. The van der Waals surface area contributed by atoms with Crippen LogP contribution in [0.4, 0.5) is 0 Å². The second kappa shape index (κ2) is 3.79. The quantitative estimate of drug-likeness (QED) is 0.738. The molecular formula is C8H11ClN2O2. The lowest BCUT2D eigenvalue weighted by Crippen LogP contribution is -2.15. The molecule has 0 aliphatic carbocycles. The maximum Gasteiger partial charge on any atom is 0.293 e. The third kappa shape index (κ3) is 2.01. The van der Waals surface area contributed by atoms with Crippen molar-refractivity contribution in [3.8, 4) is 5.75 Å². The van der Waals surface area contributed by atoms with Crippen LogP contribution in [0.15, 0.2) is 4.79 Å². The molecule has 1 rings (SSSR count). The summed E-state index contributed by atoms with van der Waals surface area (Å²) in [6.07, 6.45) is 0. The van der Waals surface area contributed by atoms with Crippen LogP contribution in [0.3, 0.4) is 0 Å². The number of nitrogens with zero attached hydrogens (tertiary/aromatic N) is 1. The van der Waals surface area contributed by atoms with Gasteiger partial charge in [-0.25, -0.2) is 4.98 Å². The molecule has 72 valence electrons. The molecule has 0 aliphatic rings. The average molecular weight is 203 g/mol. The van der Waals surface area contributed by atoms with Gasteiger partial charge < -0.3 is 9.72 Å². The first-order valence-electron chi connectivity index (χ1n) is 3.85. The van der Waals surface area contributed by atoms with E-state index >= 15 is 0 Å². The Morgan fingerprint density at radius 2 is 2.23 bits per heavy atom. The van der Waals surface area contributed by atoms with Crippen molar-refractivity contribution < 1.29 is 4.74 Å². The second-order valence-corrected chi connectivity index (χ2v) is 3.34. The van der Waals surface area contributed by atoms with Gasteiger partial charge in [-0.3, -0.25) is 4.79 Å². The third-order valence-electron chi connectivity index (χ3n) is 1.65. The van der Waals surface area contributed by atoms with Crippen LogP contribution >= 0.6 is 11.6 Å². The number of aryl methyl sites for hydroxylation is 1. The number of aromatic nitrogens is 2. The smallest absolute Gasteiger partial charge is 0.293 e. The van der Waals surface area contributed by atoms with Gasteiger partial charge in [0.15, 0.2) is 0 Å². The van der Waals surface area contributed by atoms with E-state index in [1.54, 1.807) is 13.8 Å². The lowest BCUT2D eigenvalue weighted by Gasteiger charge is -2.06. The highest BCUT2D eigenvalue weighted by Gasteiger charge is 2.10. The van der Waals surface area contributed by atoms with E-state index in [1.807, 2.05) is 0 Å². The van der Waals surface area contributed by atoms with Gasteiger partial charge in [0.1, 0.15) is 5.82 Å². The van der Waals surface area contributed by atoms with Crippen molar-refractivity contribution in [2.75, 3.05) is 7.11 Å². The molecule has 4 nitrogen and oxygen atoms in total. The van der Waals surface area contributed by atoms with Crippen LogP contribution in [-0.2, 0) is 0 Å². The molecule has 0 radical (unpaired) electrons. The molecule has 0 fully saturated rings. The fraction of sp³-hybridized carbons (Fsp3) is 0.500. The summed E-state index contributed by atoms with van der Waals surface area (Å²) in [6, 6.07) is 0. The highest BCUT2D eigenvalue weighted by atomic mass is 35.5. The minimum Gasteiger partial charge on any atom is -0.490 e. The van der Waals surface area contributed by atoms with Gasteiger partial charge >= 0.3 is 0 Å². The summed E-state index contributed by atoms with van der Waals surface area (Å²) < 4.78 is 4.86. The molecule has 0 amide bonds. The van der Waals surface area contributed by atoms with Crippen LogP contribution in [0.5, 0.6) is 5.75 Å². The number of H-pyrrole nitrogens is 1. The number of methoxy groups -OCH3 is 1. The minimum atomic E-state index is -0.308. The fourth-order valence-electron chi connectivity index (χ4n) is 1.03. The maximum absolute atomic E-state index is 11.3. The van der Waals surface area contributed by atoms with Gasteiger partial charge in [-0.2, -0.15) is 0 Å². The highest BCUT2D eigenvalue weighted by Crippen LogP contribution is 2.16. The topological polar surface area (TPSA) is 55.0 Å². The molecule has 1 N–H and O–H groups in total.